The van der Waals surface area contributed by atoms with Crippen molar-refractivity contribution in [2.75, 3.05) is 19.8 Å². The largest absolute Gasteiger partial charge is 0.466 e. The third kappa shape index (κ3) is 54.7. The zero-order chi connectivity index (χ0) is 63.7. The molecule has 88 heavy (non-hydrogen) atoms. The molecule has 6 N–H and O–H groups in total. The van der Waals surface area contributed by atoms with Crippen molar-refractivity contribution in [2.24, 2.45) is 0 Å². The first kappa shape index (κ1) is 84.2. The Kier molecular flexibility index (Phi) is 63.7. The number of aliphatic hydroxyl groups is 5. The van der Waals surface area contributed by atoms with E-state index in [0.29, 0.717) is 19.4 Å². The number of allylic oxidation sites excluding steroid dienone is 3. The van der Waals surface area contributed by atoms with Crippen molar-refractivity contribution in [3.05, 3.63) is 24.3 Å². The molecule has 0 aromatic rings. The van der Waals surface area contributed by atoms with Gasteiger partial charge < -0.3 is 45.1 Å². The minimum absolute atomic E-state index is 0.0162. The highest BCUT2D eigenvalue weighted by molar-refractivity contribution is 5.76. The predicted octanol–water partition coefficient (Wildman–Crippen LogP) is 20.4. The van der Waals surface area contributed by atoms with Gasteiger partial charge in [-0.3, -0.25) is 9.59 Å². The summed E-state index contributed by atoms with van der Waals surface area (Å²) in [7, 11) is 0. The van der Waals surface area contributed by atoms with Gasteiger partial charge in [-0.1, -0.05) is 346 Å². The summed E-state index contributed by atoms with van der Waals surface area (Å²) in [5.41, 5.74) is 0. The van der Waals surface area contributed by atoms with Crippen LogP contribution in [-0.4, -0.2) is 100 Å². The van der Waals surface area contributed by atoms with E-state index in [1.54, 1.807) is 6.08 Å². The molecule has 0 radical (unpaired) electrons. The van der Waals surface area contributed by atoms with Crippen molar-refractivity contribution in [2.45, 2.75) is 436 Å². The Morgan fingerprint density at radius 2 is 0.727 bits per heavy atom. The van der Waals surface area contributed by atoms with E-state index in [0.717, 1.165) is 51.4 Å². The summed E-state index contributed by atoms with van der Waals surface area (Å²) in [6.07, 6.45) is 74.9. The van der Waals surface area contributed by atoms with Crippen LogP contribution in [0.25, 0.3) is 0 Å². The number of rotatable bonds is 69. The van der Waals surface area contributed by atoms with Crippen LogP contribution in [0.2, 0.25) is 0 Å². The van der Waals surface area contributed by atoms with E-state index >= 15 is 0 Å². The van der Waals surface area contributed by atoms with Crippen molar-refractivity contribution in [1.82, 2.24) is 5.32 Å². The van der Waals surface area contributed by atoms with Crippen LogP contribution in [0.15, 0.2) is 24.3 Å². The number of hydrogen-bond acceptors (Lipinski definition) is 10. The number of carbonyl (C=O) groups excluding carboxylic acids is 2. The number of esters is 1. The zero-order valence-corrected chi connectivity index (χ0v) is 58.0. The SMILES string of the molecule is CCCCCCCCCC/C=C/C(O)C(COC1OC(CO)C(O)C(O)C1O)NC(=O)CCCCCCCCCCCCCCCCCCC/C=C\CCCCCCCCCCCCCCOC(=O)CCCCCCCCCCCCCCCCCCC. The van der Waals surface area contributed by atoms with E-state index in [1.807, 2.05) is 6.08 Å². The van der Waals surface area contributed by atoms with Gasteiger partial charge >= 0.3 is 5.97 Å². The lowest BCUT2D eigenvalue weighted by molar-refractivity contribution is -0.302. The Bertz CT molecular complexity index is 1510. The molecule has 7 unspecified atom stereocenters. The summed E-state index contributed by atoms with van der Waals surface area (Å²) < 4.78 is 16.8. The van der Waals surface area contributed by atoms with Crippen LogP contribution in [0.3, 0.4) is 0 Å². The van der Waals surface area contributed by atoms with Crippen molar-refractivity contribution >= 4 is 11.9 Å². The Hall–Kier alpha value is -1.86. The van der Waals surface area contributed by atoms with Crippen molar-refractivity contribution < 1.29 is 49.3 Å². The highest BCUT2D eigenvalue weighted by Crippen LogP contribution is 2.24. The molecule has 1 amide bonds. The van der Waals surface area contributed by atoms with Crippen LogP contribution in [0.5, 0.6) is 0 Å². The number of aliphatic hydroxyl groups excluding tert-OH is 5. The summed E-state index contributed by atoms with van der Waals surface area (Å²) in [4.78, 5) is 25.2. The van der Waals surface area contributed by atoms with E-state index in [1.165, 1.54) is 315 Å². The average molecular weight is 1250 g/mol. The Morgan fingerprint density at radius 3 is 1.09 bits per heavy atom. The van der Waals surface area contributed by atoms with E-state index < -0.39 is 49.5 Å². The fourth-order valence-electron chi connectivity index (χ4n) is 12.5. The highest BCUT2D eigenvalue weighted by atomic mass is 16.7. The van der Waals surface area contributed by atoms with E-state index in [4.69, 9.17) is 14.2 Å². The molecule has 0 aromatic carbocycles. The summed E-state index contributed by atoms with van der Waals surface area (Å²) in [5, 5.41) is 54.4. The smallest absolute Gasteiger partial charge is 0.305 e. The molecule has 520 valence electrons. The minimum atomic E-state index is -1.57. The molecule has 0 spiro atoms. The van der Waals surface area contributed by atoms with Gasteiger partial charge in [0, 0.05) is 12.8 Å². The van der Waals surface area contributed by atoms with Gasteiger partial charge in [0.2, 0.25) is 5.91 Å². The van der Waals surface area contributed by atoms with Gasteiger partial charge in [0.1, 0.15) is 24.4 Å². The van der Waals surface area contributed by atoms with Crippen molar-refractivity contribution in [3.63, 3.8) is 0 Å². The first-order valence-electron chi connectivity index (χ1n) is 38.6. The molecule has 1 saturated heterocycles. The first-order chi connectivity index (χ1) is 43.2. The zero-order valence-electron chi connectivity index (χ0n) is 58.0. The Labute approximate surface area is 543 Å². The van der Waals surface area contributed by atoms with Crippen LogP contribution < -0.4 is 5.32 Å². The number of unbranched alkanes of at least 4 members (excludes halogenated alkanes) is 53. The summed E-state index contributed by atoms with van der Waals surface area (Å²) in [6.45, 7) is 4.38. The predicted molar refractivity (Wildman–Crippen MR) is 371 cm³/mol. The van der Waals surface area contributed by atoms with E-state index in [9.17, 15) is 35.1 Å². The van der Waals surface area contributed by atoms with Crippen LogP contribution in [0, 0.1) is 0 Å². The number of amides is 1. The molecular formula is C77H147NO10. The quantitative estimate of drug-likeness (QED) is 0.0195. The number of carbonyl (C=O) groups is 2. The van der Waals surface area contributed by atoms with Crippen molar-refractivity contribution in [1.29, 1.82) is 0 Å². The maximum absolute atomic E-state index is 13.0. The van der Waals surface area contributed by atoms with Crippen LogP contribution in [-0.2, 0) is 23.8 Å². The highest BCUT2D eigenvalue weighted by Gasteiger charge is 2.44. The summed E-state index contributed by atoms with van der Waals surface area (Å²) >= 11 is 0. The lowest BCUT2D eigenvalue weighted by Crippen LogP contribution is -2.60. The normalized spacial score (nSPS) is 17.8. The molecular weight excluding hydrogens is 1100 g/mol. The molecule has 1 rings (SSSR count). The van der Waals surface area contributed by atoms with Gasteiger partial charge in [-0.15, -0.1) is 0 Å². The Morgan fingerprint density at radius 1 is 0.409 bits per heavy atom. The monoisotopic (exact) mass is 1250 g/mol. The Balaban J connectivity index is 1.88. The maximum atomic E-state index is 13.0. The second kappa shape index (κ2) is 66.6. The molecule has 1 heterocycles. The van der Waals surface area contributed by atoms with Crippen LogP contribution in [0.1, 0.15) is 393 Å². The van der Waals surface area contributed by atoms with Crippen molar-refractivity contribution in [3.8, 4) is 0 Å². The van der Waals surface area contributed by atoms with Crippen LogP contribution in [0.4, 0.5) is 0 Å². The maximum Gasteiger partial charge on any atom is 0.305 e. The molecule has 1 fully saturated rings. The second-order valence-corrected chi connectivity index (χ2v) is 27.1. The lowest BCUT2D eigenvalue weighted by atomic mass is 9.99. The van der Waals surface area contributed by atoms with E-state index in [-0.39, 0.29) is 18.5 Å². The van der Waals surface area contributed by atoms with E-state index in [2.05, 4.69) is 31.3 Å². The number of hydrogen-bond donors (Lipinski definition) is 6. The van der Waals surface area contributed by atoms with Gasteiger partial charge in [-0.2, -0.15) is 0 Å². The van der Waals surface area contributed by atoms with Gasteiger partial charge in [0.25, 0.3) is 0 Å². The molecule has 7 atom stereocenters. The average Bonchev–Trinajstić information content (AvgIpc) is 2.18. The standard InChI is InChI=1S/C77H147NO10/c1-3-5-7-9-11-13-15-16-17-35-39-42-45-49-53-57-61-65-73(82)86-66-62-58-54-50-46-43-40-37-34-32-30-28-26-24-22-20-18-19-21-23-25-27-29-31-33-36-38-41-44-48-52-56-60-64-72(81)78-69(68-87-77-76(85)75(84)74(83)71(67-79)88-77)70(80)63-59-55-51-47-14-12-10-8-6-4-2/h22,24,59,63,69-71,74-77,79-80,83-85H,3-21,23,25-58,60-62,64-68H2,1-2H3,(H,78,81)/b24-22-,63-59+. The third-order valence-corrected chi connectivity index (χ3v) is 18.6. The first-order valence-corrected chi connectivity index (χ1v) is 38.6. The molecule has 11 nitrogen and oxygen atoms in total. The fraction of sp³-hybridized carbons (Fsp3) is 0.922. The summed E-state index contributed by atoms with van der Waals surface area (Å²) in [5.74, 6) is -0.162. The second-order valence-electron chi connectivity index (χ2n) is 27.1. The molecule has 11 heteroatoms. The minimum Gasteiger partial charge on any atom is -0.466 e. The topological polar surface area (TPSA) is 175 Å². The molecule has 1 aliphatic heterocycles. The molecule has 0 aliphatic carbocycles. The van der Waals surface area contributed by atoms with Gasteiger partial charge in [0.15, 0.2) is 6.29 Å². The molecule has 0 aromatic heterocycles. The third-order valence-electron chi connectivity index (χ3n) is 18.6. The molecule has 0 saturated carbocycles. The van der Waals surface area contributed by atoms with Gasteiger partial charge in [-0.05, 0) is 57.8 Å². The van der Waals surface area contributed by atoms with Gasteiger partial charge in [-0.25, -0.2) is 0 Å². The van der Waals surface area contributed by atoms with Gasteiger partial charge in [0.05, 0.1) is 32.0 Å². The summed E-state index contributed by atoms with van der Waals surface area (Å²) in [6, 6.07) is -0.806. The van der Waals surface area contributed by atoms with Crippen LogP contribution >= 0.6 is 0 Å². The molecule has 1 aliphatic rings. The fourth-order valence-corrected chi connectivity index (χ4v) is 12.5. The number of ether oxygens (including phenoxy) is 3. The molecule has 0 bridgehead atoms. The lowest BCUT2D eigenvalue weighted by Gasteiger charge is -2.40. The number of nitrogens with one attached hydrogen (secondary N) is 1.